The highest BCUT2D eigenvalue weighted by Gasteiger charge is 1.93. The van der Waals surface area contributed by atoms with Gasteiger partial charge < -0.3 is 10.3 Å². The Morgan fingerprint density at radius 2 is 2.60 bits per heavy atom. The highest BCUT2D eigenvalue weighted by Crippen LogP contribution is 2.05. The van der Waals surface area contributed by atoms with Gasteiger partial charge >= 0.3 is 0 Å². The minimum atomic E-state index is 0.357. The summed E-state index contributed by atoms with van der Waals surface area (Å²) >= 11 is 0. The molecule has 0 fully saturated rings. The van der Waals surface area contributed by atoms with Crippen molar-refractivity contribution in [3.63, 3.8) is 0 Å². The van der Waals surface area contributed by atoms with Crippen molar-refractivity contribution in [1.29, 1.82) is 0 Å². The lowest BCUT2D eigenvalue weighted by Gasteiger charge is -1.75. The van der Waals surface area contributed by atoms with Crippen LogP contribution in [0.1, 0.15) is 19.0 Å². The number of rotatable bonds is 2. The molecule has 0 aliphatic rings. The maximum Gasteiger partial charge on any atom is 0.222 e. The van der Waals surface area contributed by atoms with Crippen LogP contribution < -0.4 is 5.73 Å². The monoisotopic (exact) mass is 138 g/mol. The number of hydrogen-bond donors (Lipinski definition) is 1. The van der Waals surface area contributed by atoms with Crippen molar-refractivity contribution in [2.45, 2.75) is 13.3 Å². The van der Waals surface area contributed by atoms with Gasteiger partial charge in [-0.15, -0.1) is 0 Å². The zero-order valence-electron chi connectivity index (χ0n) is 5.87. The van der Waals surface area contributed by atoms with E-state index in [9.17, 15) is 0 Å². The molecular formula is C7H10N2O. The summed E-state index contributed by atoms with van der Waals surface area (Å²) in [5, 5.41) is 3.67. The molecule has 0 aliphatic carbocycles. The first-order chi connectivity index (χ1) is 4.83. The number of aromatic nitrogens is 1. The Morgan fingerprint density at radius 1 is 1.80 bits per heavy atom. The van der Waals surface area contributed by atoms with Crippen molar-refractivity contribution in [3.8, 4) is 0 Å². The lowest BCUT2D eigenvalue weighted by atomic mass is 10.3. The summed E-state index contributed by atoms with van der Waals surface area (Å²) in [5.74, 6) is 0.357. The second-order valence-electron chi connectivity index (χ2n) is 1.96. The van der Waals surface area contributed by atoms with Crippen LogP contribution >= 0.6 is 0 Å². The van der Waals surface area contributed by atoms with E-state index in [0.29, 0.717) is 5.88 Å². The van der Waals surface area contributed by atoms with Crippen LogP contribution in [-0.4, -0.2) is 5.16 Å². The molecule has 3 heteroatoms. The molecule has 0 saturated carbocycles. The third kappa shape index (κ3) is 1.62. The van der Waals surface area contributed by atoms with Crippen molar-refractivity contribution >= 4 is 12.0 Å². The smallest absolute Gasteiger partial charge is 0.222 e. The third-order valence-electron chi connectivity index (χ3n) is 1.07. The van der Waals surface area contributed by atoms with Gasteiger partial charge in [-0.05, 0) is 12.5 Å². The highest BCUT2D eigenvalue weighted by atomic mass is 16.5. The van der Waals surface area contributed by atoms with E-state index >= 15 is 0 Å². The average Bonchev–Trinajstić information content (AvgIpc) is 2.31. The molecule has 0 unspecified atom stereocenters. The number of nitrogens with two attached hydrogens (primary N) is 1. The van der Waals surface area contributed by atoms with Gasteiger partial charge in [-0.1, -0.05) is 18.2 Å². The zero-order chi connectivity index (χ0) is 7.40. The van der Waals surface area contributed by atoms with Gasteiger partial charge in [-0.3, -0.25) is 0 Å². The van der Waals surface area contributed by atoms with E-state index in [1.165, 1.54) is 0 Å². The van der Waals surface area contributed by atoms with Crippen LogP contribution in [0.15, 0.2) is 16.7 Å². The average molecular weight is 138 g/mol. The van der Waals surface area contributed by atoms with E-state index in [4.69, 9.17) is 5.73 Å². The van der Waals surface area contributed by atoms with E-state index in [-0.39, 0.29) is 0 Å². The van der Waals surface area contributed by atoms with Crippen LogP contribution in [-0.2, 0) is 0 Å². The van der Waals surface area contributed by atoms with Gasteiger partial charge in [-0.2, -0.15) is 0 Å². The molecule has 0 atom stereocenters. The Balaban J connectivity index is 2.67. The molecule has 2 N–H and O–H groups in total. The molecule has 0 bridgehead atoms. The summed E-state index contributed by atoms with van der Waals surface area (Å²) in [5.41, 5.74) is 6.06. The first kappa shape index (κ1) is 6.86. The first-order valence-electron chi connectivity index (χ1n) is 3.21. The van der Waals surface area contributed by atoms with Crippen LogP contribution in [0.5, 0.6) is 0 Å². The summed E-state index contributed by atoms with van der Waals surface area (Å²) < 4.78 is 4.64. The molecular weight excluding hydrogens is 128 g/mol. The van der Waals surface area contributed by atoms with Crippen LogP contribution in [0, 0.1) is 0 Å². The van der Waals surface area contributed by atoms with Crippen LogP contribution in [0.4, 0.5) is 5.88 Å². The lowest BCUT2D eigenvalue weighted by molar-refractivity contribution is 0.435. The predicted molar refractivity (Wildman–Crippen MR) is 40.2 cm³/mol. The Hall–Kier alpha value is -1.25. The Morgan fingerprint density at radius 3 is 3.10 bits per heavy atom. The topological polar surface area (TPSA) is 52.0 Å². The Labute approximate surface area is 59.5 Å². The molecule has 1 rings (SSSR count). The van der Waals surface area contributed by atoms with E-state index in [2.05, 4.69) is 16.6 Å². The maximum atomic E-state index is 5.29. The minimum Gasteiger partial charge on any atom is -0.368 e. The molecule has 1 heterocycles. The van der Waals surface area contributed by atoms with E-state index in [0.717, 1.165) is 12.1 Å². The van der Waals surface area contributed by atoms with Gasteiger partial charge in [0.2, 0.25) is 5.88 Å². The number of nitrogen functional groups attached to an aromatic ring is 1. The molecule has 0 saturated heterocycles. The normalized spacial score (nSPS) is 10.9. The number of nitrogens with zero attached hydrogens (tertiary/aromatic N) is 1. The molecule has 0 amide bonds. The van der Waals surface area contributed by atoms with Crippen molar-refractivity contribution in [2.24, 2.45) is 0 Å². The van der Waals surface area contributed by atoms with Gasteiger partial charge in [0.1, 0.15) is 5.69 Å². The van der Waals surface area contributed by atoms with Crippen LogP contribution in [0.3, 0.4) is 0 Å². The van der Waals surface area contributed by atoms with Crippen molar-refractivity contribution in [3.05, 3.63) is 17.8 Å². The van der Waals surface area contributed by atoms with Gasteiger partial charge in [0.05, 0.1) is 0 Å². The summed E-state index contributed by atoms with van der Waals surface area (Å²) in [6, 6.07) is 1.69. The van der Waals surface area contributed by atoms with Crippen molar-refractivity contribution in [2.75, 3.05) is 5.73 Å². The number of allylic oxidation sites excluding steroid dienone is 1. The van der Waals surface area contributed by atoms with Crippen LogP contribution in [0.2, 0.25) is 0 Å². The zero-order valence-corrected chi connectivity index (χ0v) is 5.87. The molecule has 0 aliphatic heterocycles. The van der Waals surface area contributed by atoms with Crippen LogP contribution in [0.25, 0.3) is 6.08 Å². The molecule has 0 spiro atoms. The van der Waals surface area contributed by atoms with Gasteiger partial charge in [-0.25, -0.2) is 0 Å². The molecule has 0 radical (unpaired) electrons. The first-order valence-corrected chi connectivity index (χ1v) is 3.21. The molecule has 1 aromatic heterocycles. The second kappa shape index (κ2) is 3.06. The molecule has 1 aromatic rings. The quantitative estimate of drug-likeness (QED) is 0.676. The van der Waals surface area contributed by atoms with Gasteiger partial charge in [0, 0.05) is 6.07 Å². The lowest BCUT2D eigenvalue weighted by Crippen LogP contribution is -1.75. The highest BCUT2D eigenvalue weighted by molar-refractivity contribution is 5.47. The Kier molecular flexibility index (Phi) is 2.10. The number of hydrogen-bond acceptors (Lipinski definition) is 3. The van der Waals surface area contributed by atoms with Crippen molar-refractivity contribution < 1.29 is 4.52 Å². The Bertz CT molecular complexity index is 227. The third-order valence-corrected chi connectivity index (χ3v) is 1.07. The van der Waals surface area contributed by atoms with E-state index < -0.39 is 0 Å². The van der Waals surface area contributed by atoms with Gasteiger partial charge in [0.25, 0.3) is 0 Å². The molecule has 54 valence electrons. The fourth-order valence-corrected chi connectivity index (χ4v) is 0.621. The maximum absolute atomic E-state index is 5.29. The molecule has 3 nitrogen and oxygen atoms in total. The molecule has 10 heavy (non-hydrogen) atoms. The summed E-state index contributed by atoms with van der Waals surface area (Å²) in [6.45, 7) is 2.06. The molecule has 0 aromatic carbocycles. The fourth-order valence-electron chi connectivity index (χ4n) is 0.621. The van der Waals surface area contributed by atoms with Gasteiger partial charge in [0.15, 0.2) is 0 Å². The fraction of sp³-hybridized carbons (Fsp3) is 0.286. The summed E-state index contributed by atoms with van der Waals surface area (Å²) in [4.78, 5) is 0. The summed E-state index contributed by atoms with van der Waals surface area (Å²) in [6.07, 6.45) is 4.86. The van der Waals surface area contributed by atoms with E-state index in [1.54, 1.807) is 6.07 Å². The number of anilines is 1. The summed E-state index contributed by atoms with van der Waals surface area (Å²) in [7, 11) is 0. The predicted octanol–water partition coefficient (Wildman–Crippen LogP) is 1.68. The largest absolute Gasteiger partial charge is 0.368 e. The SMILES string of the molecule is CC/C=C/c1cc(N)on1. The van der Waals surface area contributed by atoms with Crippen molar-refractivity contribution in [1.82, 2.24) is 5.16 Å². The second-order valence-corrected chi connectivity index (χ2v) is 1.96. The minimum absolute atomic E-state index is 0.357. The van der Waals surface area contributed by atoms with E-state index in [1.807, 2.05) is 12.2 Å². The standard InChI is InChI=1S/C7H10N2O/c1-2-3-4-6-5-7(8)10-9-6/h3-5H,2,8H2,1H3/b4-3+.